The zero-order valence-electron chi connectivity index (χ0n) is 3.63. The lowest BCUT2D eigenvalue weighted by molar-refractivity contribution is 0.436. The van der Waals surface area contributed by atoms with Crippen molar-refractivity contribution in [1.82, 2.24) is 0 Å². The van der Waals surface area contributed by atoms with Gasteiger partial charge in [-0.25, -0.2) is 4.21 Å². The second kappa shape index (κ2) is 5.04. The van der Waals surface area contributed by atoms with Crippen LogP contribution in [0.25, 0.3) is 0 Å². The lowest BCUT2D eigenvalue weighted by Gasteiger charge is -1.83. The molecule has 0 aliphatic carbocycles. The van der Waals surface area contributed by atoms with Crippen molar-refractivity contribution in [2.24, 2.45) is 0 Å². The maximum absolute atomic E-state index is 9.80. The van der Waals surface area contributed by atoms with Crippen molar-refractivity contribution in [2.45, 2.75) is 0 Å². The molecule has 1 unspecified atom stereocenters. The molecular weight excluding hydrogens is 187 g/mol. The first-order valence-corrected chi connectivity index (χ1v) is 3.58. The van der Waals surface area contributed by atoms with Gasteiger partial charge >= 0.3 is 8.51 Å². The van der Waals surface area contributed by atoms with Crippen LogP contribution in [-0.2, 0) is 11.4 Å². The van der Waals surface area contributed by atoms with Gasteiger partial charge in [-0.05, 0) is 0 Å². The van der Waals surface area contributed by atoms with Gasteiger partial charge in [0.1, 0.15) is 0 Å². The Morgan fingerprint density at radius 1 is 1.33 bits per heavy atom. The van der Waals surface area contributed by atoms with E-state index < -0.39 is 19.9 Å². The van der Waals surface area contributed by atoms with Crippen LogP contribution in [0.4, 0.5) is 16.8 Å². The first-order chi connectivity index (χ1) is 3.73. The van der Waals surface area contributed by atoms with Crippen molar-refractivity contribution in [3.8, 4) is 0 Å². The third kappa shape index (κ3) is 6570. The molecule has 0 aromatic heterocycles. The van der Waals surface area contributed by atoms with Gasteiger partial charge in [0.2, 0.25) is 0 Å². The van der Waals surface area contributed by atoms with Crippen molar-refractivity contribution >= 4 is 19.9 Å². The highest BCUT2D eigenvalue weighted by molar-refractivity contribution is 7.73. The minimum Gasteiger partial charge on any atom is -0.750 e. The average molecular weight is 188 g/mol. The van der Waals surface area contributed by atoms with E-state index in [4.69, 9.17) is 13.3 Å². The maximum Gasteiger partial charge on any atom is 0.755 e. The number of rotatable bonds is 0. The monoisotopic (exact) mass is 188 g/mol. The van der Waals surface area contributed by atoms with Crippen LogP contribution in [-0.4, -0.2) is 13.3 Å². The Balaban J connectivity index is 0. The van der Waals surface area contributed by atoms with Gasteiger partial charge in [0.25, 0.3) is 0 Å². The molecule has 0 aromatic rings. The van der Waals surface area contributed by atoms with Crippen molar-refractivity contribution in [3.63, 3.8) is 0 Å². The first-order valence-electron chi connectivity index (χ1n) is 1.19. The summed E-state index contributed by atoms with van der Waals surface area (Å²) in [7, 11) is -6.39. The molecule has 1 atom stereocenters. The molecule has 1 N–H and O–H groups in total. The molecule has 3 nitrogen and oxygen atoms in total. The highest BCUT2D eigenvalue weighted by Crippen LogP contribution is 2.65. The molecule has 0 saturated heterocycles. The Kier molecular flexibility index (Phi) is 6.69. The molecule has 0 amide bonds. The fourth-order valence-electron chi connectivity index (χ4n) is 0. The number of hydrogen-bond acceptors (Lipinski definition) is 2. The molecule has 0 fully saturated rings. The number of hydrogen-bond donors (Lipinski definition) is 1. The van der Waals surface area contributed by atoms with Crippen molar-refractivity contribution in [1.29, 1.82) is 0 Å². The Hall–Kier alpha value is 0.220. The van der Waals surface area contributed by atoms with Gasteiger partial charge in [-0.2, -0.15) is 0 Å². The van der Waals surface area contributed by atoms with Crippen LogP contribution in [0.1, 0.15) is 0 Å². The van der Waals surface area contributed by atoms with E-state index in [1.165, 1.54) is 0 Å². The van der Waals surface area contributed by atoms with Crippen LogP contribution in [0.3, 0.4) is 0 Å². The maximum atomic E-state index is 9.80. The van der Waals surface area contributed by atoms with Gasteiger partial charge in [-0.15, -0.1) is 0 Å². The minimum atomic E-state index is -6.39. The molecule has 0 spiro atoms. The zero-order valence-corrected chi connectivity index (χ0v) is 5.34. The molecule has 0 aliphatic rings. The Bertz CT molecular complexity index is 78.3. The van der Waals surface area contributed by atoms with Crippen LogP contribution in [0.5, 0.6) is 0 Å². The molecular formula is HF4O3PS. The molecule has 0 radical (unpaired) electrons. The zero-order chi connectivity index (χ0) is 8.08. The lowest BCUT2D eigenvalue weighted by atomic mass is 15.8. The van der Waals surface area contributed by atoms with Crippen molar-refractivity contribution in [3.05, 3.63) is 0 Å². The average Bonchev–Trinajstić information content (AvgIpc) is 1.19. The van der Waals surface area contributed by atoms with Crippen molar-refractivity contribution in [2.75, 3.05) is 0 Å². The summed E-state index contributed by atoms with van der Waals surface area (Å²) in [4.78, 5) is 0. The molecule has 9 heteroatoms. The topological polar surface area (TPSA) is 60.4 Å². The van der Waals surface area contributed by atoms with Crippen LogP contribution < -0.4 is 0 Å². The van der Waals surface area contributed by atoms with E-state index in [2.05, 4.69) is 0 Å². The largest absolute Gasteiger partial charge is 0.755 e. The molecule has 9 heavy (non-hydrogen) atoms. The van der Waals surface area contributed by atoms with E-state index in [9.17, 15) is 16.8 Å². The molecule has 0 heterocycles. The summed E-state index contributed by atoms with van der Waals surface area (Å²) < 4.78 is 63.3. The van der Waals surface area contributed by atoms with E-state index >= 15 is 0 Å². The lowest BCUT2D eigenvalue weighted by Crippen LogP contribution is -1.75. The van der Waals surface area contributed by atoms with E-state index in [0.29, 0.717) is 0 Å². The summed E-state index contributed by atoms with van der Waals surface area (Å²) in [5, 5.41) is 0. The number of halogens is 4. The highest BCUT2D eigenvalue weighted by Gasteiger charge is 2.44. The van der Waals surface area contributed by atoms with Gasteiger partial charge in [0, 0.05) is 0 Å². The predicted molar refractivity (Wildman–Crippen MR) is 22.9 cm³/mol. The minimum absolute atomic E-state index is 2.86. The van der Waals surface area contributed by atoms with Gasteiger partial charge in [-0.1, -0.05) is 0 Å². The van der Waals surface area contributed by atoms with Crippen LogP contribution in [0, 0.1) is 0 Å². The second-order valence-electron chi connectivity index (χ2n) is 0.600. The van der Waals surface area contributed by atoms with Gasteiger partial charge in [-0.3, -0.25) is 0 Å². The Morgan fingerprint density at radius 2 is 1.33 bits per heavy atom. The predicted octanol–water partition coefficient (Wildman–Crippen LogP) is 1.88. The molecule has 0 aliphatic heterocycles. The van der Waals surface area contributed by atoms with E-state index in [-0.39, 0.29) is 0 Å². The van der Waals surface area contributed by atoms with Crippen molar-refractivity contribution < 1.29 is 30.1 Å². The highest BCUT2D eigenvalue weighted by atomic mass is 32.2. The van der Waals surface area contributed by atoms with Gasteiger partial charge in [0.05, 0.1) is 28.1 Å². The first kappa shape index (κ1) is 12.0. The van der Waals surface area contributed by atoms with E-state index in [0.717, 1.165) is 0 Å². The molecule has 58 valence electrons. The quantitative estimate of drug-likeness (QED) is 0.358. The Morgan fingerprint density at radius 3 is 1.33 bits per heavy atom. The normalized spacial score (nSPS) is 13.6. The summed E-state index contributed by atoms with van der Waals surface area (Å²) in [6.45, 7) is 0. The van der Waals surface area contributed by atoms with Crippen LogP contribution in [0.15, 0.2) is 0 Å². The van der Waals surface area contributed by atoms with Crippen LogP contribution in [0.2, 0.25) is 0 Å². The van der Waals surface area contributed by atoms with Crippen LogP contribution >= 0.6 is 8.51 Å². The SMILES string of the molecule is F[P+](F)(F)F.O=S([O-])O. The van der Waals surface area contributed by atoms with Gasteiger partial charge < -0.3 is 9.11 Å². The third-order valence-electron chi connectivity index (χ3n) is 0. The fraction of sp³-hybridized carbons (Fsp3) is 0. The smallest absolute Gasteiger partial charge is 0.750 e. The Labute approximate surface area is 51.0 Å². The second-order valence-corrected chi connectivity index (χ2v) is 1.80. The summed E-state index contributed by atoms with van der Waals surface area (Å²) in [5.41, 5.74) is 0. The molecule has 0 saturated carbocycles. The van der Waals surface area contributed by atoms with Gasteiger partial charge in [0.15, 0.2) is 0 Å². The summed E-state index contributed by atoms with van der Waals surface area (Å²) >= 11 is -2.86. The molecule has 0 rings (SSSR count). The van der Waals surface area contributed by atoms with E-state index in [1.807, 2.05) is 0 Å². The third-order valence-corrected chi connectivity index (χ3v) is 0. The summed E-state index contributed by atoms with van der Waals surface area (Å²) in [6.07, 6.45) is 0. The summed E-state index contributed by atoms with van der Waals surface area (Å²) in [6, 6.07) is 0. The summed E-state index contributed by atoms with van der Waals surface area (Å²) in [5.74, 6) is 0. The molecule has 0 bridgehead atoms. The van der Waals surface area contributed by atoms with E-state index in [1.54, 1.807) is 0 Å². The fourth-order valence-corrected chi connectivity index (χ4v) is 0. The standard InChI is InChI=1S/F4P.H2O3S/c1-5(2,3)4;1-4(2)3/h;(H2,1,2,3)/q+1;/p-1. The molecule has 0 aromatic carbocycles.